The van der Waals surface area contributed by atoms with Crippen LogP contribution < -0.4 is 10.1 Å². The first-order valence-corrected chi connectivity index (χ1v) is 9.18. The SMILES string of the molecule is CNC(=O)Cc1cc(OCc2ccccc2)n(CC2CCCCC2)n1. The van der Waals surface area contributed by atoms with Crippen molar-refractivity contribution in [3.63, 3.8) is 0 Å². The monoisotopic (exact) mass is 341 g/mol. The van der Waals surface area contributed by atoms with Crippen LogP contribution in [0.2, 0.25) is 0 Å². The number of aromatic nitrogens is 2. The summed E-state index contributed by atoms with van der Waals surface area (Å²) in [6.07, 6.45) is 6.74. The van der Waals surface area contributed by atoms with Gasteiger partial charge in [-0.25, -0.2) is 4.68 Å². The number of benzene rings is 1. The molecule has 1 heterocycles. The van der Waals surface area contributed by atoms with E-state index in [0.29, 0.717) is 12.5 Å². The summed E-state index contributed by atoms with van der Waals surface area (Å²) in [5.41, 5.74) is 1.89. The highest BCUT2D eigenvalue weighted by Crippen LogP contribution is 2.27. The fraction of sp³-hybridized carbons (Fsp3) is 0.500. The van der Waals surface area contributed by atoms with E-state index in [1.807, 2.05) is 41.1 Å². The molecule has 25 heavy (non-hydrogen) atoms. The van der Waals surface area contributed by atoms with Crippen LogP contribution in [0.3, 0.4) is 0 Å². The topological polar surface area (TPSA) is 56.1 Å². The Kier molecular flexibility index (Phi) is 6.09. The van der Waals surface area contributed by atoms with Gasteiger partial charge in [-0.15, -0.1) is 0 Å². The fourth-order valence-electron chi connectivity index (χ4n) is 3.38. The zero-order valence-electron chi connectivity index (χ0n) is 14.9. The van der Waals surface area contributed by atoms with Crippen molar-refractivity contribution in [3.05, 3.63) is 47.7 Å². The van der Waals surface area contributed by atoms with E-state index < -0.39 is 0 Å². The molecular formula is C20H27N3O2. The van der Waals surface area contributed by atoms with E-state index in [-0.39, 0.29) is 12.3 Å². The van der Waals surface area contributed by atoms with Crippen molar-refractivity contribution in [3.8, 4) is 5.88 Å². The second kappa shape index (κ2) is 8.70. The molecule has 5 heteroatoms. The van der Waals surface area contributed by atoms with E-state index in [2.05, 4.69) is 10.4 Å². The Morgan fingerprint density at radius 1 is 1.24 bits per heavy atom. The maximum absolute atomic E-state index is 11.7. The summed E-state index contributed by atoms with van der Waals surface area (Å²) in [7, 11) is 1.65. The third-order valence-electron chi connectivity index (χ3n) is 4.80. The van der Waals surface area contributed by atoms with E-state index in [9.17, 15) is 4.79 Å². The third-order valence-corrected chi connectivity index (χ3v) is 4.80. The summed E-state index contributed by atoms with van der Waals surface area (Å²) < 4.78 is 7.98. The molecule has 1 amide bonds. The van der Waals surface area contributed by atoms with Crippen LogP contribution in [0, 0.1) is 5.92 Å². The normalized spacial score (nSPS) is 15.1. The van der Waals surface area contributed by atoms with E-state index in [1.54, 1.807) is 7.05 Å². The Hall–Kier alpha value is -2.30. The smallest absolute Gasteiger partial charge is 0.225 e. The molecule has 1 saturated carbocycles. The predicted octanol–water partition coefficient (Wildman–Crippen LogP) is 3.33. The van der Waals surface area contributed by atoms with Gasteiger partial charge in [-0.1, -0.05) is 49.6 Å². The van der Waals surface area contributed by atoms with Crippen molar-refractivity contribution in [2.45, 2.75) is 51.7 Å². The maximum Gasteiger partial charge on any atom is 0.225 e. The maximum atomic E-state index is 11.7. The van der Waals surface area contributed by atoms with Crippen LogP contribution in [0.5, 0.6) is 5.88 Å². The van der Waals surface area contributed by atoms with Crippen molar-refractivity contribution in [1.82, 2.24) is 15.1 Å². The van der Waals surface area contributed by atoms with Gasteiger partial charge in [0.1, 0.15) is 6.61 Å². The van der Waals surface area contributed by atoms with Gasteiger partial charge >= 0.3 is 0 Å². The summed E-state index contributed by atoms with van der Waals surface area (Å²) in [6.45, 7) is 1.38. The molecule has 1 N–H and O–H groups in total. The molecule has 0 saturated heterocycles. The molecule has 0 radical (unpaired) electrons. The number of hydrogen-bond donors (Lipinski definition) is 1. The second-order valence-corrected chi connectivity index (χ2v) is 6.78. The van der Waals surface area contributed by atoms with Gasteiger partial charge in [-0.05, 0) is 24.3 Å². The highest BCUT2D eigenvalue weighted by atomic mass is 16.5. The number of ether oxygens (including phenoxy) is 1. The van der Waals surface area contributed by atoms with Gasteiger partial charge in [-0.2, -0.15) is 5.10 Å². The Morgan fingerprint density at radius 3 is 2.72 bits per heavy atom. The molecule has 1 aromatic heterocycles. The first kappa shape index (κ1) is 17.5. The predicted molar refractivity (Wildman–Crippen MR) is 97.3 cm³/mol. The first-order valence-electron chi connectivity index (χ1n) is 9.18. The number of likely N-dealkylation sites (N-methyl/N-ethyl adjacent to an activating group) is 1. The fourth-order valence-corrected chi connectivity index (χ4v) is 3.38. The standard InChI is InChI=1S/C20H27N3O2/c1-21-19(24)12-18-13-20(25-15-17-10-6-3-7-11-17)23(22-18)14-16-8-4-2-5-9-16/h3,6-7,10-11,13,16H,2,4-5,8-9,12,14-15H2,1H3,(H,21,24). The summed E-state index contributed by atoms with van der Waals surface area (Å²) in [6, 6.07) is 12.0. The molecular weight excluding hydrogens is 314 g/mol. The summed E-state index contributed by atoms with van der Waals surface area (Å²) in [5, 5.41) is 7.29. The van der Waals surface area contributed by atoms with Crippen LogP contribution in [0.1, 0.15) is 43.4 Å². The van der Waals surface area contributed by atoms with Gasteiger partial charge in [0.05, 0.1) is 12.1 Å². The number of nitrogens with zero attached hydrogens (tertiary/aromatic N) is 2. The Labute approximate surface area is 149 Å². The second-order valence-electron chi connectivity index (χ2n) is 6.78. The molecule has 1 aromatic carbocycles. The number of hydrogen-bond acceptors (Lipinski definition) is 3. The van der Waals surface area contributed by atoms with Gasteiger partial charge in [0.25, 0.3) is 0 Å². The van der Waals surface area contributed by atoms with Crippen LogP contribution >= 0.6 is 0 Å². The molecule has 0 unspecified atom stereocenters. The van der Waals surface area contributed by atoms with E-state index in [4.69, 9.17) is 4.74 Å². The van der Waals surface area contributed by atoms with Gasteiger partial charge < -0.3 is 10.1 Å². The van der Waals surface area contributed by atoms with Crippen molar-refractivity contribution in [2.24, 2.45) is 5.92 Å². The highest BCUT2D eigenvalue weighted by Gasteiger charge is 2.18. The van der Waals surface area contributed by atoms with Crippen LogP contribution in [0.15, 0.2) is 36.4 Å². The quantitative estimate of drug-likeness (QED) is 0.840. The molecule has 0 bridgehead atoms. The minimum Gasteiger partial charge on any atom is -0.473 e. The van der Waals surface area contributed by atoms with Gasteiger partial charge in [0, 0.05) is 19.7 Å². The minimum absolute atomic E-state index is 0.0306. The van der Waals surface area contributed by atoms with Gasteiger partial charge in [-0.3, -0.25) is 4.79 Å². The molecule has 0 aliphatic heterocycles. The summed E-state index contributed by atoms with van der Waals surface area (Å²) >= 11 is 0. The molecule has 1 aliphatic carbocycles. The van der Waals surface area contributed by atoms with Crippen LogP contribution in [-0.4, -0.2) is 22.7 Å². The molecule has 0 atom stereocenters. The Balaban J connectivity index is 1.71. The summed E-state index contributed by atoms with van der Waals surface area (Å²) in [4.78, 5) is 11.7. The lowest BCUT2D eigenvalue weighted by Gasteiger charge is -2.22. The average Bonchev–Trinajstić information content (AvgIpc) is 3.02. The zero-order chi connectivity index (χ0) is 17.5. The minimum atomic E-state index is -0.0306. The van der Waals surface area contributed by atoms with Crippen LogP contribution in [0.25, 0.3) is 0 Å². The molecule has 5 nitrogen and oxygen atoms in total. The Bertz CT molecular complexity index is 676. The number of carbonyl (C=O) groups excluding carboxylic acids is 1. The van der Waals surface area contributed by atoms with Gasteiger partial charge in [0.2, 0.25) is 11.8 Å². The highest BCUT2D eigenvalue weighted by molar-refractivity contribution is 5.77. The van der Waals surface area contributed by atoms with E-state index in [1.165, 1.54) is 32.1 Å². The number of carbonyl (C=O) groups is 1. The molecule has 2 aromatic rings. The van der Waals surface area contributed by atoms with Crippen molar-refractivity contribution >= 4 is 5.91 Å². The zero-order valence-corrected chi connectivity index (χ0v) is 14.9. The number of nitrogens with one attached hydrogen (secondary N) is 1. The van der Waals surface area contributed by atoms with Crippen molar-refractivity contribution in [2.75, 3.05) is 7.05 Å². The van der Waals surface area contributed by atoms with Gasteiger partial charge in [0.15, 0.2) is 0 Å². The van der Waals surface area contributed by atoms with Crippen LogP contribution in [0.4, 0.5) is 0 Å². The lowest BCUT2D eigenvalue weighted by molar-refractivity contribution is -0.120. The van der Waals surface area contributed by atoms with E-state index >= 15 is 0 Å². The third kappa shape index (κ3) is 5.08. The van der Waals surface area contributed by atoms with E-state index in [0.717, 1.165) is 23.7 Å². The van der Waals surface area contributed by atoms with Crippen molar-refractivity contribution in [1.29, 1.82) is 0 Å². The lowest BCUT2D eigenvalue weighted by Crippen LogP contribution is -2.20. The molecule has 1 fully saturated rings. The lowest BCUT2D eigenvalue weighted by atomic mass is 9.89. The molecule has 3 rings (SSSR count). The molecule has 0 spiro atoms. The first-order chi connectivity index (χ1) is 12.2. The molecule has 1 aliphatic rings. The number of amides is 1. The largest absolute Gasteiger partial charge is 0.473 e. The summed E-state index contributed by atoms with van der Waals surface area (Å²) in [5.74, 6) is 1.38. The number of rotatable bonds is 7. The molecule has 134 valence electrons. The average molecular weight is 341 g/mol. The van der Waals surface area contributed by atoms with Crippen LogP contribution in [-0.2, 0) is 24.4 Å². The Morgan fingerprint density at radius 2 is 2.00 bits per heavy atom. The van der Waals surface area contributed by atoms with Crippen molar-refractivity contribution < 1.29 is 9.53 Å².